The second-order valence-corrected chi connectivity index (χ2v) is 4.75. The third-order valence-corrected chi connectivity index (χ3v) is 3.01. The third-order valence-electron chi connectivity index (χ3n) is 2.58. The molecule has 0 saturated heterocycles. The van der Waals surface area contributed by atoms with Gasteiger partial charge in [-0.25, -0.2) is 4.98 Å². The molecule has 0 unspecified atom stereocenters. The van der Waals surface area contributed by atoms with E-state index in [1.807, 2.05) is 36.4 Å². The van der Waals surface area contributed by atoms with Gasteiger partial charge in [-0.1, -0.05) is 12.1 Å². The fraction of sp³-hybridized carbons (Fsp3) is 0.143. The summed E-state index contributed by atoms with van der Waals surface area (Å²) in [5, 5.41) is 3.27. The van der Waals surface area contributed by atoms with Crippen molar-refractivity contribution >= 4 is 27.4 Å². The van der Waals surface area contributed by atoms with Gasteiger partial charge in [0.25, 0.3) is 0 Å². The Morgan fingerprint density at radius 1 is 1.33 bits per heavy atom. The molecular weight excluding hydrogens is 292 g/mol. The highest BCUT2D eigenvalue weighted by molar-refractivity contribution is 9.10. The zero-order chi connectivity index (χ0) is 13.0. The number of para-hydroxylation sites is 1. The first-order valence-electron chi connectivity index (χ1n) is 5.61. The Labute approximate surface area is 114 Å². The van der Waals surface area contributed by atoms with E-state index >= 15 is 0 Å². The van der Waals surface area contributed by atoms with Crippen LogP contribution in [0.2, 0.25) is 0 Å². The van der Waals surface area contributed by atoms with Crippen LogP contribution in [0.25, 0.3) is 0 Å². The van der Waals surface area contributed by atoms with E-state index in [0.29, 0.717) is 12.1 Å². The minimum atomic E-state index is 0.0639. The number of hydrogen-bond donors (Lipinski definition) is 1. The summed E-state index contributed by atoms with van der Waals surface area (Å²) < 4.78 is 0.807. The van der Waals surface area contributed by atoms with Gasteiger partial charge in [-0.15, -0.1) is 0 Å². The molecule has 92 valence electrons. The SMILES string of the molecule is CC(=O)c1ccccc1NCc1ccnc(Br)c1. The molecule has 0 radical (unpaired) electrons. The Kier molecular flexibility index (Phi) is 4.10. The number of halogens is 1. The summed E-state index contributed by atoms with van der Waals surface area (Å²) in [7, 11) is 0. The van der Waals surface area contributed by atoms with Crippen molar-refractivity contribution in [3.8, 4) is 0 Å². The zero-order valence-electron chi connectivity index (χ0n) is 9.98. The molecule has 0 aliphatic rings. The van der Waals surface area contributed by atoms with Crippen LogP contribution in [-0.4, -0.2) is 10.8 Å². The maximum Gasteiger partial charge on any atom is 0.161 e. The number of benzene rings is 1. The number of aromatic nitrogens is 1. The predicted octanol–water partition coefficient (Wildman–Crippen LogP) is 3.66. The molecule has 0 aliphatic heterocycles. The quantitative estimate of drug-likeness (QED) is 0.692. The standard InChI is InChI=1S/C14H13BrN2O/c1-10(18)12-4-2-3-5-13(12)17-9-11-6-7-16-14(15)8-11/h2-8,17H,9H2,1H3. The van der Waals surface area contributed by atoms with Crippen LogP contribution in [0.3, 0.4) is 0 Å². The first-order valence-corrected chi connectivity index (χ1v) is 6.40. The van der Waals surface area contributed by atoms with Crippen LogP contribution in [-0.2, 0) is 6.54 Å². The fourth-order valence-corrected chi connectivity index (χ4v) is 2.11. The number of anilines is 1. The maximum atomic E-state index is 11.5. The van der Waals surface area contributed by atoms with Gasteiger partial charge in [-0.2, -0.15) is 0 Å². The first-order chi connectivity index (χ1) is 8.66. The van der Waals surface area contributed by atoms with Crippen LogP contribution < -0.4 is 5.32 Å². The summed E-state index contributed by atoms with van der Waals surface area (Å²) in [6.45, 7) is 2.23. The van der Waals surface area contributed by atoms with Gasteiger partial charge in [-0.3, -0.25) is 4.79 Å². The van der Waals surface area contributed by atoms with Gasteiger partial charge in [0.05, 0.1) is 0 Å². The van der Waals surface area contributed by atoms with Crippen LogP contribution in [0.1, 0.15) is 22.8 Å². The van der Waals surface area contributed by atoms with Crippen LogP contribution in [0.4, 0.5) is 5.69 Å². The number of Topliss-reactive ketones (excluding diaryl/α,β-unsaturated/α-hetero) is 1. The van der Waals surface area contributed by atoms with Crippen molar-refractivity contribution in [1.82, 2.24) is 4.98 Å². The number of rotatable bonds is 4. The monoisotopic (exact) mass is 304 g/mol. The highest BCUT2D eigenvalue weighted by atomic mass is 79.9. The zero-order valence-corrected chi connectivity index (χ0v) is 11.6. The molecule has 0 saturated carbocycles. The largest absolute Gasteiger partial charge is 0.380 e. The fourth-order valence-electron chi connectivity index (χ4n) is 1.69. The molecule has 1 aromatic carbocycles. The van der Waals surface area contributed by atoms with E-state index < -0.39 is 0 Å². The lowest BCUT2D eigenvalue weighted by Crippen LogP contribution is -2.04. The summed E-state index contributed by atoms with van der Waals surface area (Å²) in [6, 6.07) is 11.4. The van der Waals surface area contributed by atoms with Gasteiger partial charge in [0.1, 0.15) is 4.60 Å². The number of carbonyl (C=O) groups is 1. The summed E-state index contributed by atoms with van der Waals surface area (Å²) in [6.07, 6.45) is 1.75. The van der Waals surface area contributed by atoms with Gasteiger partial charge in [-0.05, 0) is 52.7 Å². The number of hydrogen-bond acceptors (Lipinski definition) is 3. The van der Waals surface area contributed by atoms with Crippen LogP contribution >= 0.6 is 15.9 Å². The molecule has 1 heterocycles. The van der Waals surface area contributed by atoms with Crippen molar-refractivity contribution in [3.05, 3.63) is 58.3 Å². The van der Waals surface area contributed by atoms with Gasteiger partial charge >= 0.3 is 0 Å². The molecule has 3 nitrogen and oxygen atoms in total. The van der Waals surface area contributed by atoms with Gasteiger partial charge in [0, 0.05) is 24.0 Å². The molecule has 0 amide bonds. The van der Waals surface area contributed by atoms with Gasteiger partial charge in [0.15, 0.2) is 5.78 Å². The number of ketones is 1. The lowest BCUT2D eigenvalue weighted by atomic mass is 10.1. The van der Waals surface area contributed by atoms with E-state index in [2.05, 4.69) is 26.2 Å². The van der Waals surface area contributed by atoms with Crippen molar-refractivity contribution in [3.63, 3.8) is 0 Å². The van der Waals surface area contributed by atoms with Crippen molar-refractivity contribution in [2.24, 2.45) is 0 Å². The molecule has 0 bridgehead atoms. The summed E-state index contributed by atoms with van der Waals surface area (Å²) in [4.78, 5) is 15.5. The molecular formula is C14H13BrN2O. The first kappa shape index (κ1) is 12.8. The molecule has 0 atom stereocenters. The Morgan fingerprint density at radius 3 is 2.83 bits per heavy atom. The predicted molar refractivity (Wildman–Crippen MR) is 75.7 cm³/mol. The maximum absolute atomic E-state index is 11.5. The highest BCUT2D eigenvalue weighted by Crippen LogP contribution is 2.17. The van der Waals surface area contributed by atoms with Gasteiger partial charge < -0.3 is 5.32 Å². The van der Waals surface area contributed by atoms with Crippen LogP contribution in [0.5, 0.6) is 0 Å². The Morgan fingerprint density at radius 2 is 2.11 bits per heavy atom. The van der Waals surface area contributed by atoms with E-state index in [1.54, 1.807) is 13.1 Å². The molecule has 1 N–H and O–H groups in total. The topological polar surface area (TPSA) is 42.0 Å². The number of nitrogens with one attached hydrogen (secondary N) is 1. The smallest absolute Gasteiger partial charge is 0.161 e. The molecule has 4 heteroatoms. The molecule has 2 rings (SSSR count). The average Bonchev–Trinajstić information content (AvgIpc) is 2.37. The van der Waals surface area contributed by atoms with E-state index in [-0.39, 0.29) is 5.78 Å². The summed E-state index contributed by atoms with van der Waals surface area (Å²) >= 11 is 3.33. The van der Waals surface area contributed by atoms with Crippen molar-refractivity contribution < 1.29 is 4.79 Å². The second-order valence-electron chi connectivity index (χ2n) is 3.94. The van der Waals surface area contributed by atoms with Crippen LogP contribution in [0.15, 0.2) is 47.2 Å². The minimum Gasteiger partial charge on any atom is -0.380 e. The van der Waals surface area contributed by atoms with E-state index in [0.717, 1.165) is 15.9 Å². The van der Waals surface area contributed by atoms with Crippen molar-refractivity contribution in [2.75, 3.05) is 5.32 Å². The number of carbonyl (C=O) groups excluding carboxylic acids is 1. The summed E-state index contributed by atoms with van der Waals surface area (Å²) in [5.41, 5.74) is 2.68. The molecule has 2 aromatic rings. The third kappa shape index (κ3) is 3.17. The Bertz CT molecular complexity index is 569. The lowest BCUT2D eigenvalue weighted by Gasteiger charge is -2.10. The van der Waals surface area contributed by atoms with E-state index in [1.165, 1.54) is 0 Å². The van der Waals surface area contributed by atoms with Gasteiger partial charge in [0.2, 0.25) is 0 Å². The Hall–Kier alpha value is -1.68. The second kappa shape index (κ2) is 5.78. The van der Waals surface area contributed by atoms with Crippen LogP contribution in [0, 0.1) is 0 Å². The van der Waals surface area contributed by atoms with E-state index in [9.17, 15) is 4.79 Å². The number of pyridine rings is 1. The summed E-state index contributed by atoms with van der Waals surface area (Å²) in [5.74, 6) is 0.0639. The van der Waals surface area contributed by atoms with Crippen molar-refractivity contribution in [1.29, 1.82) is 0 Å². The molecule has 0 fully saturated rings. The molecule has 0 aliphatic carbocycles. The lowest BCUT2D eigenvalue weighted by molar-refractivity contribution is 0.101. The highest BCUT2D eigenvalue weighted by Gasteiger charge is 2.05. The van der Waals surface area contributed by atoms with E-state index in [4.69, 9.17) is 0 Å². The molecule has 0 spiro atoms. The van der Waals surface area contributed by atoms with Crippen molar-refractivity contribution in [2.45, 2.75) is 13.5 Å². The average molecular weight is 305 g/mol. The minimum absolute atomic E-state index is 0.0639. The molecule has 1 aromatic heterocycles. The Balaban J connectivity index is 2.13. The normalized spacial score (nSPS) is 10.1. The number of nitrogens with zero attached hydrogens (tertiary/aromatic N) is 1. The molecule has 18 heavy (non-hydrogen) atoms.